The third-order valence-corrected chi connectivity index (χ3v) is 2.95. The molecule has 2 aliphatic carbocycles. The van der Waals surface area contributed by atoms with Crippen LogP contribution in [0.4, 0.5) is 0 Å². The Morgan fingerprint density at radius 3 is 2.29 bits per heavy atom. The fraction of sp³-hybridized carbons (Fsp3) is 0. The van der Waals surface area contributed by atoms with Crippen LogP contribution in [0, 0.1) is 0 Å². The van der Waals surface area contributed by atoms with Crippen molar-refractivity contribution in [2.75, 3.05) is 0 Å². The predicted octanol–water partition coefficient (Wildman–Crippen LogP) is 1.76. The summed E-state index contributed by atoms with van der Waals surface area (Å²) >= 11 is 0. The number of fused-ring (bicyclic) bond motifs is 1. The van der Waals surface area contributed by atoms with Crippen LogP contribution in [0.5, 0.6) is 5.75 Å². The van der Waals surface area contributed by atoms with Crippen molar-refractivity contribution in [3.05, 3.63) is 62.9 Å². The van der Waals surface area contributed by atoms with Crippen molar-refractivity contribution in [1.29, 1.82) is 0 Å². The van der Waals surface area contributed by atoms with Crippen LogP contribution in [0.2, 0.25) is 0 Å². The van der Waals surface area contributed by atoms with Crippen LogP contribution in [-0.2, 0) is 0 Å². The molecule has 0 radical (unpaired) electrons. The minimum atomic E-state index is -0.797. The fourth-order valence-corrected chi connectivity index (χ4v) is 2.06. The highest BCUT2D eigenvalue weighted by atomic mass is 16.3. The Kier molecular flexibility index (Phi) is 1.89. The molecule has 3 nitrogen and oxygen atoms in total. The van der Waals surface area contributed by atoms with Gasteiger partial charge in [-0.15, -0.1) is 0 Å². The van der Waals surface area contributed by atoms with Crippen molar-refractivity contribution in [3.63, 3.8) is 0 Å². The van der Waals surface area contributed by atoms with Gasteiger partial charge >= 0.3 is 0 Å². The van der Waals surface area contributed by atoms with Crippen LogP contribution in [0.25, 0.3) is 22.3 Å². The Labute approximate surface area is 96.6 Å². The van der Waals surface area contributed by atoms with Crippen molar-refractivity contribution < 1.29 is 5.11 Å². The monoisotopic (exact) mass is 224 g/mol. The van der Waals surface area contributed by atoms with E-state index in [-0.39, 0.29) is 5.56 Å². The molecule has 0 saturated heterocycles. The normalized spacial score (nSPS) is 11.1. The number of hydrogen-bond acceptors (Lipinski definition) is 3. The summed E-state index contributed by atoms with van der Waals surface area (Å²) in [6.07, 6.45) is 0. The summed E-state index contributed by atoms with van der Waals surface area (Å²) in [4.78, 5) is 22.4. The van der Waals surface area contributed by atoms with Crippen LogP contribution in [-0.4, -0.2) is 5.11 Å². The maximum absolute atomic E-state index is 11.4. The Morgan fingerprint density at radius 1 is 0.765 bits per heavy atom. The molecule has 0 aromatic heterocycles. The molecule has 0 spiro atoms. The zero-order chi connectivity index (χ0) is 12.0. The topological polar surface area (TPSA) is 54.4 Å². The van der Waals surface area contributed by atoms with Gasteiger partial charge in [0.25, 0.3) is 5.43 Å². The van der Waals surface area contributed by atoms with E-state index in [1.54, 1.807) is 6.07 Å². The van der Waals surface area contributed by atoms with Gasteiger partial charge in [-0.2, -0.15) is 0 Å². The third-order valence-electron chi connectivity index (χ3n) is 2.95. The van der Waals surface area contributed by atoms with Crippen LogP contribution in [0.3, 0.4) is 0 Å². The van der Waals surface area contributed by atoms with E-state index in [1.165, 1.54) is 0 Å². The largest absolute Gasteiger partial charge is 0.503 e. The van der Waals surface area contributed by atoms with E-state index in [4.69, 9.17) is 0 Å². The fourth-order valence-electron chi connectivity index (χ4n) is 2.06. The zero-order valence-electron chi connectivity index (χ0n) is 8.81. The second-order valence-corrected chi connectivity index (χ2v) is 3.91. The van der Waals surface area contributed by atoms with Gasteiger partial charge in [-0.05, 0) is 16.7 Å². The Balaban J connectivity index is 2.30. The van der Waals surface area contributed by atoms with Gasteiger partial charge in [0.15, 0.2) is 5.75 Å². The van der Waals surface area contributed by atoms with E-state index < -0.39 is 16.6 Å². The average Bonchev–Trinajstić information content (AvgIpc) is 2.59. The molecule has 0 bridgehead atoms. The number of rotatable bonds is 1. The van der Waals surface area contributed by atoms with E-state index in [1.807, 2.05) is 36.4 Å². The molecule has 2 aliphatic rings. The molecule has 0 fully saturated rings. The molecule has 3 rings (SSSR count). The third kappa shape index (κ3) is 1.22. The molecule has 3 heteroatoms. The lowest BCUT2D eigenvalue weighted by Crippen LogP contribution is -2.31. The van der Waals surface area contributed by atoms with Gasteiger partial charge in [-0.1, -0.05) is 42.5 Å². The van der Waals surface area contributed by atoms with Crippen molar-refractivity contribution in [2.45, 2.75) is 0 Å². The molecular weight excluding hydrogens is 216 g/mol. The number of hydrogen-bond donors (Lipinski definition) is 1. The van der Waals surface area contributed by atoms with Crippen LogP contribution >= 0.6 is 0 Å². The van der Waals surface area contributed by atoms with Crippen LogP contribution < -0.4 is 10.9 Å². The van der Waals surface area contributed by atoms with Gasteiger partial charge in [0.1, 0.15) is 0 Å². The number of aromatic hydroxyl groups is 1. The molecule has 1 N–H and O–H groups in total. The lowest BCUT2D eigenvalue weighted by atomic mass is 9.98. The van der Waals surface area contributed by atoms with Crippen molar-refractivity contribution >= 4 is 0 Å². The van der Waals surface area contributed by atoms with Gasteiger partial charge in [-0.25, -0.2) is 0 Å². The maximum Gasteiger partial charge on any atom is 0.268 e. The average molecular weight is 224 g/mol. The molecule has 0 saturated carbocycles. The molecule has 0 amide bonds. The first-order valence-corrected chi connectivity index (χ1v) is 5.20. The molecule has 17 heavy (non-hydrogen) atoms. The minimum absolute atomic E-state index is 0.135. The summed E-state index contributed by atoms with van der Waals surface area (Å²) in [5, 5.41) is 9.45. The van der Waals surface area contributed by atoms with Gasteiger partial charge in [0.2, 0.25) is 5.43 Å². The molecule has 0 aliphatic heterocycles. The summed E-state index contributed by atoms with van der Waals surface area (Å²) in [5.74, 6) is -0.422. The molecule has 0 unspecified atom stereocenters. The van der Waals surface area contributed by atoms with Gasteiger partial charge in [-0.3, -0.25) is 9.59 Å². The highest BCUT2D eigenvalue weighted by molar-refractivity contribution is 5.89. The van der Waals surface area contributed by atoms with E-state index in [0.717, 1.165) is 11.1 Å². The first kappa shape index (κ1) is 9.78. The lowest BCUT2D eigenvalue weighted by Gasteiger charge is -2.05. The molecule has 1 aromatic rings. The molecular formula is C14H8O3. The van der Waals surface area contributed by atoms with E-state index in [2.05, 4.69) is 0 Å². The second-order valence-electron chi connectivity index (χ2n) is 3.91. The summed E-state index contributed by atoms with van der Waals surface area (Å²) in [6, 6.07) is 13.0. The SMILES string of the molecule is O=c1c(O)c(-c2ccc3cccccc2-3)c1=O. The highest BCUT2D eigenvalue weighted by Gasteiger charge is 2.24. The second kappa shape index (κ2) is 3.28. The van der Waals surface area contributed by atoms with Crippen LogP contribution in [0.1, 0.15) is 0 Å². The molecule has 1 aromatic carbocycles. The highest BCUT2D eigenvalue weighted by Crippen LogP contribution is 2.36. The van der Waals surface area contributed by atoms with Gasteiger partial charge < -0.3 is 5.11 Å². The summed E-state index contributed by atoms with van der Waals surface area (Å²) in [6.45, 7) is 0. The van der Waals surface area contributed by atoms with E-state index >= 15 is 0 Å². The Morgan fingerprint density at radius 2 is 1.53 bits per heavy atom. The summed E-state index contributed by atoms with van der Waals surface area (Å²) in [7, 11) is 0. The van der Waals surface area contributed by atoms with Gasteiger partial charge in [0, 0.05) is 0 Å². The van der Waals surface area contributed by atoms with E-state index in [0.29, 0.717) is 5.56 Å². The van der Waals surface area contributed by atoms with Gasteiger partial charge in [0.05, 0.1) is 5.56 Å². The maximum atomic E-state index is 11.4. The minimum Gasteiger partial charge on any atom is -0.503 e. The van der Waals surface area contributed by atoms with Crippen molar-refractivity contribution in [3.8, 4) is 28.0 Å². The Bertz CT molecular complexity index is 748. The Hall–Kier alpha value is -2.42. The molecule has 0 heterocycles. The smallest absolute Gasteiger partial charge is 0.268 e. The van der Waals surface area contributed by atoms with Crippen LogP contribution in [0.15, 0.2) is 52.1 Å². The van der Waals surface area contributed by atoms with Crippen molar-refractivity contribution in [1.82, 2.24) is 0 Å². The molecule has 82 valence electrons. The zero-order valence-corrected chi connectivity index (χ0v) is 8.81. The summed E-state index contributed by atoms with van der Waals surface area (Å²) in [5.41, 5.74) is 1.18. The molecule has 0 atom stereocenters. The van der Waals surface area contributed by atoms with E-state index in [9.17, 15) is 14.7 Å². The lowest BCUT2D eigenvalue weighted by molar-refractivity contribution is 0.465. The summed E-state index contributed by atoms with van der Waals surface area (Å²) < 4.78 is 0. The first-order valence-electron chi connectivity index (χ1n) is 5.20. The predicted molar refractivity (Wildman–Crippen MR) is 65.1 cm³/mol. The van der Waals surface area contributed by atoms with Crippen molar-refractivity contribution in [2.24, 2.45) is 0 Å². The quantitative estimate of drug-likeness (QED) is 0.641. The standard InChI is InChI=1S/C14H8O3/c15-12-11(13(16)14(12)17)10-7-6-8-4-2-1-3-5-9(8)10/h1-7,15H. The first-order chi connectivity index (χ1) is 8.20.